The van der Waals surface area contributed by atoms with E-state index in [-0.39, 0.29) is 17.5 Å². The molecule has 0 radical (unpaired) electrons. The Bertz CT molecular complexity index is 1290. The summed E-state index contributed by atoms with van der Waals surface area (Å²) < 4.78 is 16.8. The minimum absolute atomic E-state index is 0.0310. The summed E-state index contributed by atoms with van der Waals surface area (Å²) in [6.45, 7) is 10.7. The zero-order valence-corrected chi connectivity index (χ0v) is 23.0. The predicted molar refractivity (Wildman–Crippen MR) is 147 cm³/mol. The number of ether oxygens (including phenoxy) is 3. The Morgan fingerprint density at radius 1 is 1.00 bits per heavy atom. The molecule has 0 atom stereocenters. The second-order valence-electron chi connectivity index (χ2n) is 10.8. The Morgan fingerprint density at radius 3 is 2.34 bits per heavy atom. The summed E-state index contributed by atoms with van der Waals surface area (Å²) in [5, 5.41) is 0.792. The SMILES string of the molecule is CCOC(=O)c1sc(N2CCC3(CN(C(=O)OC(C)(C)C)C3)C2)nc1-c1ccc(Oc2ccccc2)cc1. The highest BCUT2D eigenvalue weighted by Crippen LogP contribution is 2.44. The third-order valence-corrected chi connectivity index (χ3v) is 7.69. The predicted octanol–water partition coefficient (Wildman–Crippen LogP) is 6.23. The topological polar surface area (TPSA) is 81.2 Å². The third kappa shape index (κ3) is 5.62. The lowest BCUT2D eigenvalue weighted by atomic mass is 9.79. The number of hydrogen-bond acceptors (Lipinski definition) is 8. The Hall–Kier alpha value is -3.59. The molecule has 3 heterocycles. The summed E-state index contributed by atoms with van der Waals surface area (Å²) in [4.78, 5) is 34.6. The van der Waals surface area contributed by atoms with Crippen LogP contribution in [-0.2, 0) is 9.47 Å². The number of carbonyl (C=O) groups is 2. The standard InChI is InChI=1S/C29H33N3O5S/c1-5-35-25(33)24-23(20-11-13-22(14-12-20)36-21-9-7-6-8-10-21)30-26(38-24)31-16-15-29(17-31)18-32(19-29)27(34)37-28(2,3)4/h6-14H,5,15-19H2,1-4H3. The number of amides is 1. The highest BCUT2D eigenvalue weighted by Gasteiger charge is 2.51. The monoisotopic (exact) mass is 535 g/mol. The normalized spacial score (nSPS) is 16.3. The second kappa shape index (κ2) is 10.3. The summed E-state index contributed by atoms with van der Waals surface area (Å²) in [5.41, 5.74) is 0.960. The maximum Gasteiger partial charge on any atom is 0.410 e. The van der Waals surface area contributed by atoms with Crippen LogP contribution in [0.1, 0.15) is 43.8 Å². The number of nitrogens with zero attached hydrogens (tertiary/aromatic N) is 3. The Morgan fingerprint density at radius 2 is 1.68 bits per heavy atom. The molecule has 2 aromatic carbocycles. The van der Waals surface area contributed by atoms with E-state index in [2.05, 4.69) is 4.90 Å². The third-order valence-electron chi connectivity index (χ3n) is 6.60. The molecule has 2 fully saturated rings. The lowest BCUT2D eigenvalue weighted by Gasteiger charge is -2.47. The molecule has 0 bridgehead atoms. The number of aromatic nitrogens is 1. The van der Waals surface area contributed by atoms with Gasteiger partial charge in [-0.2, -0.15) is 0 Å². The highest BCUT2D eigenvalue weighted by molar-refractivity contribution is 7.18. The molecule has 5 rings (SSSR count). The van der Waals surface area contributed by atoms with Crippen molar-refractivity contribution < 1.29 is 23.8 Å². The van der Waals surface area contributed by atoms with E-state index in [9.17, 15) is 9.59 Å². The van der Waals surface area contributed by atoms with Crippen molar-refractivity contribution in [2.24, 2.45) is 5.41 Å². The average Bonchev–Trinajstić information content (AvgIpc) is 3.49. The van der Waals surface area contributed by atoms with Gasteiger partial charge in [0, 0.05) is 37.2 Å². The van der Waals surface area contributed by atoms with Crippen LogP contribution in [0.3, 0.4) is 0 Å². The van der Waals surface area contributed by atoms with Crippen molar-refractivity contribution in [1.29, 1.82) is 0 Å². The lowest BCUT2D eigenvalue weighted by Crippen LogP contribution is -2.60. The van der Waals surface area contributed by atoms with Gasteiger partial charge in [-0.05, 0) is 70.5 Å². The minimum atomic E-state index is -0.506. The van der Waals surface area contributed by atoms with Gasteiger partial charge in [0.1, 0.15) is 22.0 Å². The van der Waals surface area contributed by atoms with Crippen LogP contribution in [0.15, 0.2) is 54.6 Å². The van der Waals surface area contributed by atoms with Crippen LogP contribution in [0.5, 0.6) is 11.5 Å². The van der Waals surface area contributed by atoms with Gasteiger partial charge in [0.25, 0.3) is 0 Å². The fourth-order valence-electron chi connectivity index (χ4n) is 4.86. The van der Waals surface area contributed by atoms with Crippen molar-refractivity contribution in [2.75, 3.05) is 37.7 Å². The van der Waals surface area contributed by atoms with E-state index in [1.807, 2.05) is 75.4 Å². The van der Waals surface area contributed by atoms with Crippen LogP contribution in [-0.4, -0.2) is 60.3 Å². The second-order valence-corrected chi connectivity index (χ2v) is 11.8. The molecule has 1 spiro atoms. The summed E-state index contributed by atoms with van der Waals surface area (Å²) in [7, 11) is 0. The highest BCUT2D eigenvalue weighted by atomic mass is 32.1. The number of benzene rings is 2. The molecule has 200 valence electrons. The Balaban J connectivity index is 1.31. The molecule has 1 aromatic heterocycles. The van der Waals surface area contributed by atoms with Gasteiger partial charge in [0.15, 0.2) is 5.13 Å². The van der Waals surface area contributed by atoms with Crippen molar-refractivity contribution in [2.45, 2.75) is 39.7 Å². The van der Waals surface area contributed by atoms with Crippen molar-refractivity contribution in [3.8, 4) is 22.8 Å². The van der Waals surface area contributed by atoms with Gasteiger partial charge in [-0.15, -0.1) is 0 Å². The van der Waals surface area contributed by atoms with Crippen LogP contribution in [0, 0.1) is 5.41 Å². The van der Waals surface area contributed by atoms with Gasteiger partial charge in [0.2, 0.25) is 0 Å². The zero-order chi connectivity index (χ0) is 26.9. The molecule has 9 heteroatoms. The van der Waals surface area contributed by atoms with Gasteiger partial charge < -0.3 is 24.0 Å². The van der Waals surface area contributed by atoms with Gasteiger partial charge in [-0.1, -0.05) is 29.5 Å². The van der Waals surface area contributed by atoms with Gasteiger partial charge in [0.05, 0.1) is 12.3 Å². The van der Waals surface area contributed by atoms with Crippen LogP contribution >= 0.6 is 11.3 Å². The van der Waals surface area contributed by atoms with E-state index in [1.165, 1.54) is 11.3 Å². The maximum absolute atomic E-state index is 12.8. The maximum atomic E-state index is 12.8. The smallest absolute Gasteiger partial charge is 0.410 e. The average molecular weight is 536 g/mol. The van der Waals surface area contributed by atoms with Crippen LogP contribution < -0.4 is 9.64 Å². The fraction of sp³-hybridized carbons (Fsp3) is 0.414. The van der Waals surface area contributed by atoms with E-state index in [4.69, 9.17) is 19.2 Å². The summed E-state index contributed by atoms with van der Waals surface area (Å²) in [6.07, 6.45) is 0.698. The van der Waals surface area contributed by atoms with E-state index in [0.29, 0.717) is 36.0 Å². The van der Waals surface area contributed by atoms with Crippen molar-refractivity contribution in [1.82, 2.24) is 9.88 Å². The zero-order valence-electron chi connectivity index (χ0n) is 22.2. The fourth-order valence-corrected chi connectivity index (χ4v) is 5.86. The number of hydrogen-bond donors (Lipinski definition) is 0. The first-order valence-corrected chi connectivity index (χ1v) is 13.7. The molecule has 8 nitrogen and oxygen atoms in total. The van der Waals surface area contributed by atoms with Gasteiger partial charge in [-0.25, -0.2) is 14.6 Å². The van der Waals surface area contributed by atoms with E-state index in [0.717, 1.165) is 36.0 Å². The Kier molecular flexibility index (Phi) is 7.05. The number of thiazole rings is 1. The molecule has 2 aliphatic rings. The molecule has 3 aromatic rings. The molecular formula is C29H33N3O5S. The number of anilines is 1. The molecule has 1 amide bonds. The largest absolute Gasteiger partial charge is 0.462 e. The van der Waals surface area contributed by atoms with Crippen LogP contribution in [0.25, 0.3) is 11.3 Å². The lowest BCUT2D eigenvalue weighted by molar-refractivity contribution is -0.0266. The number of rotatable bonds is 6. The molecule has 0 N–H and O–H groups in total. The van der Waals surface area contributed by atoms with Gasteiger partial charge >= 0.3 is 12.1 Å². The van der Waals surface area contributed by atoms with Crippen LogP contribution in [0.4, 0.5) is 9.93 Å². The molecule has 0 aliphatic carbocycles. The molecule has 38 heavy (non-hydrogen) atoms. The van der Waals surface area contributed by atoms with Crippen molar-refractivity contribution in [3.63, 3.8) is 0 Å². The minimum Gasteiger partial charge on any atom is -0.462 e. The molecule has 2 saturated heterocycles. The first kappa shape index (κ1) is 26.0. The first-order chi connectivity index (χ1) is 18.1. The summed E-state index contributed by atoms with van der Waals surface area (Å²) in [5.74, 6) is 1.09. The van der Waals surface area contributed by atoms with Gasteiger partial charge in [-0.3, -0.25) is 0 Å². The first-order valence-electron chi connectivity index (χ1n) is 12.9. The molecule has 0 unspecified atom stereocenters. The summed E-state index contributed by atoms with van der Waals surface area (Å²) >= 11 is 1.36. The molecular weight excluding hydrogens is 502 g/mol. The summed E-state index contributed by atoms with van der Waals surface area (Å²) in [6, 6.07) is 17.2. The number of para-hydroxylation sites is 1. The molecule has 0 saturated carbocycles. The van der Waals surface area contributed by atoms with Crippen molar-refractivity contribution >= 4 is 28.5 Å². The van der Waals surface area contributed by atoms with Crippen molar-refractivity contribution in [3.05, 3.63) is 59.5 Å². The quantitative estimate of drug-likeness (QED) is 0.346. The van der Waals surface area contributed by atoms with Crippen LogP contribution in [0.2, 0.25) is 0 Å². The van der Waals surface area contributed by atoms with E-state index < -0.39 is 5.60 Å². The number of likely N-dealkylation sites (tertiary alicyclic amines) is 1. The molecule has 2 aliphatic heterocycles. The number of esters is 1. The van der Waals surface area contributed by atoms with E-state index in [1.54, 1.807) is 11.8 Å². The van der Waals surface area contributed by atoms with E-state index >= 15 is 0 Å². The number of carbonyl (C=O) groups excluding carboxylic acids is 2. The Labute approximate surface area is 227 Å².